The number of aliphatic hydroxyl groups excluding tert-OH is 1. The predicted molar refractivity (Wildman–Crippen MR) is 81.2 cm³/mol. The van der Waals surface area contributed by atoms with Crippen LogP contribution >= 0.6 is 12.2 Å². The van der Waals surface area contributed by atoms with Gasteiger partial charge in [-0.1, -0.05) is 6.07 Å². The maximum atomic E-state index is 12.0. The van der Waals surface area contributed by atoms with Gasteiger partial charge in [-0.15, -0.1) is 0 Å². The number of thiocarbonyl (C=S) groups is 1. The smallest absolute Gasteiger partial charge is 0.241 e. The van der Waals surface area contributed by atoms with Crippen molar-refractivity contribution in [1.29, 1.82) is 0 Å². The largest absolute Gasteiger partial charge is 0.545 e. The normalized spacial score (nSPS) is 16.2. The number of carboxylic acid groups (broad SMARTS) is 1. The highest BCUT2D eigenvalue weighted by Crippen LogP contribution is 2.37. The fourth-order valence-electron chi connectivity index (χ4n) is 2.40. The number of carboxylic acids is 1. The van der Waals surface area contributed by atoms with Crippen LogP contribution in [0.3, 0.4) is 0 Å². The molecule has 0 spiro atoms. The lowest BCUT2D eigenvalue weighted by molar-refractivity contribution is -0.255. The first-order valence-corrected chi connectivity index (χ1v) is 7.02. The first-order valence-electron chi connectivity index (χ1n) is 6.61. The van der Waals surface area contributed by atoms with Crippen molar-refractivity contribution in [2.24, 2.45) is 5.92 Å². The van der Waals surface area contributed by atoms with E-state index in [1.54, 1.807) is 0 Å². The number of carbonyl (C=O) groups excluding carboxylic acids is 3. The molecule has 10 heteroatoms. The van der Waals surface area contributed by atoms with Gasteiger partial charge in [-0.25, -0.2) is 0 Å². The summed E-state index contributed by atoms with van der Waals surface area (Å²) in [5, 5.41) is 26.1. The quantitative estimate of drug-likeness (QED) is 0.419. The maximum absolute atomic E-state index is 12.0. The second-order valence-electron chi connectivity index (χ2n) is 4.78. The van der Waals surface area contributed by atoms with Gasteiger partial charge in [-0.05, 0) is 23.8 Å². The predicted octanol–water partition coefficient (Wildman–Crippen LogP) is -1.75. The number of methoxy groups -OCH3 is 2. The number of rotatable bonds is 5. The van der Waals surface area contributed by atoms with Crippen molar-refractivity contribution < 1.29 is 34.1 Å². The van der Waals surface area contributed by atoms with Crippen molar-refractivity contribution in [2.75, 3.05) is 14.2 Å². The molecular formula is C14H13N2O7S-. The molecule has 1 atom stereocenters. The molecule has 1 heterocycles. The molecule has 3 N–H and O–H groups in total. The van der Waals surface area contributed by atoms with E-state index in [-0.39, 0.29) is 22.2 Å². The van der Waals surface area contributed by atoms with Gasteiger partial charge in [0.15, 0.2) is 16.6 Å². The summed E-state index contributed by atoms with van der Waals surface area (Å²) in [6.07, 6.45) is -1.76. The zero-order valence-corrected chi connectivity index (χ0v) is 13.4. The van der Waals surface area contributed by atoms with Crippen molar-refractivity contribution in [1.82, 2.24) is 10.6 Å². The molecule has 0 aliphatic carbocycles. The molecule has 9 nitrogen and oxygen atoms in total. The van der Waals surface area contributed by atoms with Crippen molar-refractivity contribution >= 4 is 35.1 Å². The standard InChI is InChI=1S/C14H14N2O7S/c1-22-6-4-3-5(7(13(20)21)10(6)23-2)9(17)8-11(18)15-14(24)16-12(8)19/h3-4,8-9,17H,1-2H3,(H,20,21)(H2,15,16,18,19,24)/p-1/t9-/m1/s1. The first-order chi connectivity index (χ1) is 11.3. The van der Waals surface area contributed by atoms with Gasteiger partial charge in [0.25, 0.3) is 0 Å². The zero-order valence-electron chi connectivity index (χ0n) is 12.6. The summed E-state index contributed by atoms with van der Waals surface area (Å²) in [6.45, 7) is 0. The second kappa shape index (κ2) is 6.81. The number of hydrogen-bond donors (Lipinski definition) is 3. The molecule has 0 unspecified atom stereocenters. The van der Waals surface area contributed by atoms with Gasteiger partial charge in [0.2, 0.25) is 11.8 Å². The minimum Gasteiger partial charge on any atom is -0.545 e. The molecule has 0 radical (unpaired) electrons. The summed E-state index contributed by atoms with van der Waals surface area (Å²) in [6, 6.07) is 2.55. The average Bonchev–Trinajstić information content (AvgIpc) is 2.51. The van der Waals surface area contributed by atoms with Gasteiger partial charge in [0, 0.05) is 5.56 Å². The Kier molecular flexibility index (Phi) is 5.00. The molecule has 0 aromatic heterocycles. The molecule has 1 aliphatic rings. The fourth-order valence-corrected chi connectivity index (χ4v) is 2.60. The zero-order chi connectivity index (χ0) is 18.0. The van der Waals surface area contributed by atoms with Gasteiger partial charge in [-0.3, -0.25) is 9.59 Å². The minimum atomic E-state index is -1.76. The molecule has 1 aromatic rings. The summed E-state index contributed by atoms with van der Waals surface area (Å²) < 4.78 is 9.99. The number of aromatic carboxylic acids is 1. The van der Waals surface area contributed by atoms with E-state index in [2.05, 4.69) is 22.9 Å². The lowest BCUT2D eigenvalue weighted by atomic mass is 9.89. The van der Waals surface area contributed by atoms with Crippen LogP contribution in [-0.4, -0.2) is 42.2 Å². The van der Waals surface area contributed by atoms with Crippen LogP contribution in [0.2, 0.25) is 0 Å². The molecule has 1 saturated heterocycles. The van der Waals surface area contributed by atoms with Gasteiger partial charge in [0.1, 0.15) is 12.0 Å². The van der Waals surface area contributed by atoms with Crippen LogP contribution in [0, 0.1) is 5.92 Å². The lowest BCUT2D eigenvalue weighted by Crippen LogP contribution is -2.57. The number of hydrogen-bond acceptors (Lipinski definition) is 8. The van der Waals surface area contributed by atoms with E-state index in [0.29, 0.717) is 0 Å². The van der Waals surface area contributed by atoms with Crippen molar-refractivity contribution in [3.05, 3.63) is 23.3 Å². The third kappa shape index (κ3) is 3.01. The third-order valence-electron chi connectivity index (χ3n) is 3.45. The van der Waals surface area contributed by atoms with Crippen LogP contribution in [0.1, 0.15) is 22.0 Å². The summed E-state index contributed by atoms with van der Waals surface area (Å²) >= 11 is 4.67. The molecule has 0 bridgehead atoms. The molecule has 2 amide bonds. The van der Waals surface area contributed by atoms with Gasteiger partial charge in [-0.2, -0.15) is 0 Å². The molecule has 2 rings (SSSR count). The summed E-state index contributed by atoms with van der Waals surface area (Å²) in [5.41, 5.74) is -0.742. The summed E-state index contributed by atoms with van der Waals surface area (Å²) in [4.78, 5) is 35.4. The average molecular weight is 353 g/mol. The third-order valence-corrected chi connectivity index (χ3v) is 3.66. The number of aliphatic hydroxyl groups is 1. The molecule has 24 heavy (non-hydrogen) atoms. The number of carbonyl (C=O) groups is 3. The number of ether oxygens (including phenoxy) is 2. The second-order valence-corrected chi connectivity index (χ2v) is 5.19. The van der Waals surface area contributed by atoms with Gasteiger partial charge < -0.3 is 35.1 Å². The highest BCUT2D eigenvalue weighted by atomic mass is 32.1. The SMILES string of the molecule is COc1ccc([C@@H](O)C2C(=O)NC(=S)NC2=O)c(C(=O)[O-])c1OC. The number of benzene rings is 1. The number of amides is 2. The highest BCUT2D eigenvalue weighted by molar-refractivity contribution is 7.80. The maximum Gasteiger partial charge on any atom is 0.241 e. The summed E-state index contributed by atoms with van der Waals surface area (Å²) in [7, 11) is 2.51. The molecule has 1 fully saturated rings. The monoisotopic (exact) mass is 353 g/mol. The van der Waals surface area contributed by atoms with E-state index in [9.17, 15) is 24.6 Å². The molecule has 0 saturated carbocycles. The van der Waals surface area contributed by atoms with Crippen LogP contribution < -0.4 is 25.2 Å². The van der Waals surface area contributed by atoms with E-state index in [0.717, 1.165) is 0 Å². The van der Waals surface area contributed by atoms with Gasteiger partial charge in [0.05, 0.1) is 20.2 Å². The van der Waals surface area contributed by atoms with Crippen LogP contribution in [0.25, 0.3) is 0 Å². The first kappa shape index (κ1) is 17.6. The molecule has 128 valence electrons. The van der Waals surface area contributed by atoms with Crippen LogP contribution in [0.15, 0.2) is 12.1 Å². The Morgan fingerprint density at radius 2 is 1.83 bits per heavy atom. The topological polar surface area (TPSA) is 137 Å². The Hall–Kier alpha value is -2.72. The van der Waals surface area contributed by atoms with E-state index in [1.807, 2.05) is 0 Å². The minimum absolute atomic E-state index is 0.0892. The summed E-state index contributed by atoms with van der Waals surface area (Å²) in [5.74, 6) is -5.06. The van der Waals surface area contributed by atoms with Gasteiger partial charge >= 0.3 is 0 Å². The molecule has 1 aromatic carbocycles. The Morgan fingerprint density at radius 3 is 2.29 bits per heavy atom. The Balaban J connectivity index is 2.55. The van der Waals surface area contributed by atoms with Crippen LogP contribution in [0.4, 0.5) is 0 Å². The van der Waals surface area contributed by atoms with E-state index in [1.165, 1.54) is 26.4 Å². The van der Waals surface area contributed by atoms with Crippen molar-refractivity contribution in [3.63, 3.8) is 0 Å². The number of nitrogens with one attached hydrogen (secondary N) is 2. The van der Waals surface area contributed by atoms with Crippen LogP contribution in [0.5, 0.6) is 11.5 Å². The van der Waals surface area contributed by atoms with Crippen molar-refractivity contribution in [2.45, 2.75) is 6.10 Å². The lowest BCUT2D eigenvalue weighted by Gasteiger charge is -2.28. The Labute approximate surface area is 141 Å². The Morgan fingerprint density at radius 1 is 1.25 bits per heavy atom. The molecular weight excluding hydrogens is 340 g/mol. The van der Waals surface area contributed by atoms with Crippen LogP contribution in [-0.2, 0) is 9.59 Å². The highest BCUT2D eigenvalue weighted by Gasteiger charge is 2.40. The van der Waals surface area contributed by atoms with E-state index in [4.69, 9.17) is 9.47 Å². The van der Waals surface area contributed by atoms with E-state index < -0.39 is 35.4 Å². The fraction of sp³-hybridized carbons (Fsp3) is 0.286. The van der Waals surface area contributed by atoms with Crippen molar-refractivity contribution in [3.8, 4) is 11.5 Å². The molecule has 1 aliphatic heterocycles. The van der Waals surface area contributed by atoms with E-state index >= 15 is 0 Å². The Bertz CT molecular complexity index is 714.